The Balaban J connectivity index is 1.66. The van der Waals surface area contributed by atoms with E-state index in [1.165, 1.54) is 46.1 Å². The zero-order chi connectivity index (χ0) is 22.9. The molecule has 2 aliphatic heterocycles. The number of rotatable bonds is 2. The minimum absolute atomic E-state index is 0.0820. The standard InChI is InChI=1S/C27H26N2O3S/c1-27(2)15-29(28-13-12-20(30)25(31)24(28)26(27)32)23-19-7-3-4-9-21(19)33-14-17-6-5-8-18(22(17)23)16-10-11-16/h3-9,12-13,16,23,31H,10-11,14-15H2,1-2H3. The van der Waals surface area contributed by atoms with E-state index in [1.807, 2.05) is 25.6 Å². The van der Waals surface area contributed by atoms with Gasteiger partial charge in [-0.3, -0.25) is 19.3 Å². The van der Waals surface area contributed by atoms with Gasteiger partial charge in [0.15, 0.2) is 17.2 Å². The highest BCUT2D eigenvalue weighted by Crippen LogP contribution is 2.50. The van der Waals surface area contributed by atoms with E-state index in [4.69, 9.17) is 0 Å². The van der Waals surface area contributed by atoms with Crippen molar-refractivity contribution in [2.75, 3.05) is 11.6 Å². The lowest BCUT2D eigenvalue weighted by molar-refractivity contribution is 0.0786. The van der Waals surface area contributed by atoms with Gasteiger partial charge in [-0.2, -0.15) is 0 Å². The number of nitrogens with zero attached hydrogens (tertiary/aromatic N) is 2. The smallest absolute Gasteiger partial charge is 0.224 e. The summed E-state index contributed by atoms with van der Waals surface area (Å²) in [5.41, 5.74) is 4.01. The molecule has 1 aromatic heterocycles. The topological polar surface area (TPSA) is 62.5 Å². The van der Waals surface area contributed by atoms with Crippen molar-refractivity contribution in [3.63, 3.8) is 0 Å². The molecule has 3 aromatic rings. The average molecular weight is 459 g/mol. The minimum atomic E-state index is -0.756. The van der Waals surface area contributed by atoms with Crippen molar-refractivity contribution < 1.29 is 9.90 Å². The predicted molar refractivity (Wildman–Crippen MR) is 130 cm³/mol. The highest BCUT2D eigenvalue weighted by atomic mass is 32.2. The number of pyridine rings is 1. The lowest BCUT2D eigenvalue weighted by atomic mass is 9.81. The largest absolute Gasteiger partial charge is 0.503 e. The van der Waals surface area contributed by atoms with Gasteiger partial charge in [0.05, 0.1) is 6.04 Å². The number of carbonyl (C=O) groups is 1. The molecule has 5 nitrogen and oxygen atoms in total. The Morgan fingerprint density at radius 3 is 2.55 bits per heavy atom. The summed E-state index contributed by atoms with van der Waals surface area (Å²) < 4.78 is 1.73. The van der Waals surface area contributed by atoms with E-state index in [9.17, 15) is 14.7 Å². The highest BCUT2D eigenvalue weighted by molar-refractivity contribution is 7.98. The summed E-state index contributed by atoms with van der Waals surface area (Å²) in [4.78, 5) is 26.9. The van der Waals surface area contributed by atoms with Gasteiger partial charge in [-0.15, -0.1) is 11.8 Å². The van der Waals surface area contributed by atoms with Gasteiger partial charge in [0, 0.05) is 34.9 Å². The number of ketones is 1. The maximum Gasteiger partial charge on any atom is 0.224 e. The fourth-order valence-corrected chi connectivity index (χ4v) is 6.42. The van der Waals surface area contributed by atoms with Crippen molar-refractivity contribution in [1.82, 2.24) is 4.68 Å². The molecular formula is C27H26N2O3S. The Morgan fingerprint density at radius 2 is 1.76 bits per heavy atom. The molecule has 6 rings (SSSR count). The summed E-state index contributed by atoms with van der Waals surface area (Å²) in [5, 5.41) is 12.9. The second-order valence-electron chi connectivity index (χ2n) is 9.96. The van der Waals surface area contributed by atoms with Gasteiger partial charge in [-0.25, -0.2) is 0 Å². The zero-order valence-electron chi connectivity index (χ0n) is 18.7. The molecule has 0 amide bonds. The first-order valence-corrected chi connectivity index (χ1v) is 12.4. The predicted octanol–water partition coefficient (Wildman–Crippen LogP) is 4.99. The Hall–Kier alpha value is -2.99. The van der Waals surface area contributed by atoms with E-state index >= 15 is 0 Å². The van der Waals surface area contributed by atoms with Gasteiger partial charge >= 0.3 is 0 Å². The molecule has 0 bridgehead atoms. The quantitative estimate of drug-likeness (QED) is 0.586. The summed E-state index contributed by atoms with van der Waals surface area (Å²) in [7, 11) is 0. The summed E-state index contributed by atoms with van der Waals surface area (Å²) in [6, 6.07) is 16.3. The first kappa shape index (κ1) is 20.6. The van der Waals surface area contributed by atoms with Crippen LogP contribution in [0.15, 0.2) is 64.4 Å². The molecule has 1 atom stereocenters. The van der Waals surface area contributed by atoms with Gasteiger partial charge in [-0.05, 0) is 47.1 Å². The fraction of sp³-hybridized carbons (Fsp3) is 0.333. The number of hydrogen-bond acceptors (Lipinski definition) is 5. The molecule has 0 saturated heterocycles. The fourth-order valence-electron chi connectivity index (χ4n) is 5.33. The number of fused-ring (bicyclic) bond motifs is 3. The molecule has 0 radical (unpaired) electrons. The second-order valence-corrected chi connectivity index (χ2v) is 11.0. The Bertz CT molecular complexity index is 1360. The summed E-state index contributed by atoms with van der Waals surface area (Å²) in [6.45, 7) is 4.27. The number of aromatic nitrogens is 1. The average Bonchev–Trinajstić information content (AvgIpc) is 3.65. The SMILES string of the molecule is CC1(C)CN(C2c3ccccc3SCc3cccc(C4CC4)c32)n2ccc(=O)c(O)c2C1=O. The van der Waals surface area contributed by atoms with E-state index in [0.717, 1.165) is 5.75 Å². The van der Waals surface area contributed by atoms with Crippen LogP contribution in [0.1, 0.15) is 71.4 Å². The van der Waals surface area contributed by atoms with Gasteiger partial charge in [0.25, 0.3) is 0 Å². The van der Waals surface area contributed by atoms with Gasteiger partial charge in [-0.1, -0.05) is 50.2 Å². The second kappa shape index (κ2) is 7.26. The van der Waals surface area contributed by atoms with Crippen LogP contribution in [0.5, 0.6) is 5.75 Å². The van der Waals surface area contributed by atoms with Crippen LogP contribution >= 0.6 is 11.8 Å². The van der Waals surface area contributed by atoms with Gasteiger partial charge < -0.3 is 5.11 Å². The van der Waals surface area contributed by atoms with E-state index < -0.39 is 16.6 Å². The van der Waals surface area contributed by atoms with Crippen molar-refractivity contribution in [2.24, 2.45) is 5.41 Å². The summed E-state index contributed by atoms with van der Waals surface area (Å²) in [5.74, 6) is 0.786. The van der Waals surface area contributed by atoms with Crippen LogP contribution in [-0.2, 0) is 5.75 Å². The van der Waals surface area contributed by atoms with Crippen LogP contribution < -0.4 is 10.4 Å². The van der Waals surface area contributed by atoms with E-state index in [2.05, 4.69) is 47.5 Å². The van der Waals surface area contributed by atoms with E-state index in [0.29, 0.717) is 12.5 Å². The molecule has 6 heteroatoms. The van der Waals surface area contributed by atoms with Crippen LogP contribution in [0.25, 0.3) is 0 Å². The minimum Gasteiger partial charge on any atom is -0.503 e. The van der Waals surface area contributed by atoms with Crippen molar-refractivity contribution in [1.29, 1.82) is 0 Å². The van der Waals surface area contributed by atoms with Crippen molar-refractivity contribution in [3.8, 4) is 5.75 Å². The van der Waals surface area contributed by atoms with E-state index in [1.54, 1.807) is 10.9 Å². The molecule has 168 valence electrons. The van der Waals surface area contributed by atoms with Crippen molar-refractivity contribution in [3.05, 3.63) is 92.9 Å². The van der Waals surface area contributed by atoms with Crippen LogP contribution in [-0.4, -0.2) is 22.1 Å². The van der Waals surface area contributed by atoms with Crippen LogP contribution in [0.2, 0.25) is 0 Å². The molecule has 1 aliphatic carbocycles. The Morgan fingerprint density at radius 1 is 1.00 bits per heavy atom. The van der Waals surface area contributed by atoms with Crippen LogP contribution in [0, 0.1) is 5.41 Å². The Labute approximate surface area is 197 Å². The third-order valence-corrected chi connectivity index (χ3v) is 8.27. The third-order valence-electron chi connectivity index (χ3n) is 7.13. The number of thioether (sulfide) groups is 1. The number of benzene rings is 2. The third kappa shape index (κ3) is 3.15. The normalized spacial score (nSPS) is 21.1. The molecule has 1 saturated carbocycles. The molecule has 2 aromatic carbocycles. The molecule has 1 unspecified atom stereocenters. The lowest BCUT2D eigenvalue weighted by Gasteiger charge is -2.46. The lowest BCUT2D eigenvalue weighted by Crippen LogP contribution is -2.54. The van der Waals surface area contributed by atoms with Gasteiger partial charge in [0.1, 0.15) is 0 Å². The summed E-state index contributed by atoms with van der Waals surface area (Å²) in [6.07, 6.45) is 4.04. The molecule has 3 aliphatic rings. The monoisotopic (exact) mass is 458 g/mol. The molecule has 0 spiro atoms. The molecule has 1 fully saturated rings. The first-order valence-electron chi connectivity index (χ1n) is 11.5. The van der Waals surface area contributed by atoms with Crippen LogP contribution in [0.4, 0.5) is 0 Å². The molecule has 3 heterocycles. The molecule has 33 heavy (non-hydrogen) atoms. The van der Waals surface area contributed by atoms with E-state index in [-0.39, 0.29) is 17.5 Å². The number of Topliss-reactive ketones (excluding diaryl/α,β-unsaturated/α-hetero) is 1. The number of hydrogen-bond donors (Lipinski definition) is 1. The first-order chi connectivity index (χ1) is 15.9. The van der Waals surface area contributed by atoms with Crippen LogP contribution in [0.3, 0.4) is 0 Å². The Kier molecular flexibility index (Phi) is 4.53. The summed E-state index contributed by atoms with van der Waals surface area (Å²) >= 11 is 1.85. The molecular weight excluding hydrogens is 432 g/mol. The number of carbonyl (C=O) groups excluding carboxylic acids is 1. The van der Waals surface area contributed by atoms with Crippen molar-refractivity contribution in [2.45, 2.75) is 49.3 Å². The molecule has 1 N–H and O–H groups in total. The zero-order valence-corrected chi connectivity index (χ0v) is 19.6. The maximum absolute atomic E-state index is 13.3. The highest BCUT2D eigenvalue weighted by Gasteiger charge is 2.45. The van der Waals surface area contributed by atoms with Crippen molar-refractivity contribution >= 4 is 17.5 Å². The maximum atomic E-state index is 13.3. The number of aromatic hydroxyl groups is 1. The van der Waals surface area contributed by atoms with Gasteiger partial charge in [0.2, 0.25) is 5.43 Å².